The fourth-order valence-electron chi connectivity index (χ4n) is 6.21. The second-order valence-corrected chi connectivity index (χ2v) is 11.9. The number of anilines is 1. The number of ether oxygens (including phenoxy) is 1. The van der Waals surface area contributed by atoms with Crippen molar-refractivity contribution in [1.29, 1.82) is 0 Å². The van der Waals surface area contributed by atoms with Gasteiger partial charge in [-0.15, -0.1) is 0 Å². The van der Waals surface area contributed by atoms with Crippen LogP contribution in [-0.4, -0.2) is 77.8 Å². The molecule has 1 saturated heterocycles. The van der Waals surface area contributed by atoms with Gasteiger partial charge < -0.3 is 24.6 Å². The van der Waals surface area contributed by atoms with Crippen molar-refractivity contribution in [3.63, 3.8) is 0 Å². The third-order valence-electron chi connectivity index (χ3n) is 8.87. The quantitative estimate of drug-likeness (QED) is 0.285. The molecule has 0 spiro atoms. The summed E-state index contributed by atoms with van der Waals surface area (Å²) in [4.78, 5) is 33.2. The van der Waals surface area contributed by atoms with Crippen LogP contribution in [0.5, 0.6) is 0 Å². The molecular formula is C34H44N4O4. The Kier molecular flexibility index (Phi) is 10.3. The molecule has 8 heteroatoms. The van der Waals surface area contributed by atoms with Crippen molar-refractivity contribution in [1.82, 2.24) is 14.8 Å². The Labute approximate surface area is 249 Å². The highest BCUT2D eigenvalue weighted by Gasteiger charge is 2.25. The first kappa shape index (κ1) is 29.9. The van der Waals surface area contributed by atoms with Crippen LogP contribution in [0.15, 0.2) is 66.7 Å². The minimum absolute atomic E-state index is 0.0101. The van der Waals surface area contributed by atoms with Crippen LogP contribution in [-0.2, 0) is 11.2 Å². The molecule has 2 heterocycles. The number of nitrogens with zero attached hydrogens (tertiary/aromatic N) is 2. The average Bonchev–Trinajstić information content (AvgIpc) is 3.49. The van der Waals surface area contributed by atoms with Crippen LogP contribution in [0.1, 0.15) is 54.7 Å². The maximum Gasteiger partial charge on any atom is 0.411 e. The lowest BCUT2D eigenvalue weighted by Gasteiger charge is -2.32. The van der Waals surface area contributed by atoms with E-state index in [-0.39, 0.29) is 12.0 Å². The predicted octanol–water partition coefficient (Wildman–Crippen LogP) is 5.81. The van der Waals surface area contributed by atoms with E-state index >= 15 is 0 Å². The summed E-state index contributed by atoms with van der Waals surface area (Å²) in [5.41, 5.74) is 4.50. The Bertz CT molecular complexity index is 1290. The van der Waals surface area contributed by atoms with Crippen LogP contribution < -0.4 is 5.32 Å². The highest BCUT2D eigenvalue weighted by Crippen LogP contribution is 2.31. The number of likely N-dealkylation sites (tertiary alicyclic amines) is 1. The summed E-state index contributed by atoms with van der Waals surface area (Å²) >= 11 is 0. The number of aromatic amines is 1. The summed E-state index contributed by atoms with van der Waals surface area (Å²) in [6.45, 7) is 3.37. The second kappa shape index (κ2) is 14.5. The maximum absolute atomic E-state index is 13.0. The minimum atomic E-state index is -0.426. The van der Waals surface area contributed by atoms with Crippen LogP contribution in [0.2, 0.25) is 0 Å². The van der Waals surface area contributed by atoms with Gasteiger partial charge in [-0.3, -0.25) is 10.1 Å². The van der Waals surface area contributed by atoms with Crippen LogP contribution in [0.25, 0.3) is 11.1 Å². The molecule has 2 amide bonds. The van der Waals surface area contributed by atoms with E-state index in [1.165, 1.54) is 0 Å². The predicted molar refractivity (Wildman–Crippen MR) is 165 cm³/mol. The Morgan fingerprint density at radius 1 is 0.929 bits per heavy atom. The van der Waals surface area contributed by atoms with Gasteiger partial charge in [0.05, 0.1) is 5.69 Å². The van der Waals surface area contributed by atoms with Crippen molar-refractivity contribution < 1.29 is 19.4 Å². The zero-order chi connectivity index (χ0) is 29.3. The summed E-state index contributed by atoms with van der Waals surface area (Å²) in [6.07, 6.45) is 6.42. The van der Waals surface area contributed by atoms with Crippen molar-refractivity contribution in [2.45, 2.75) is 51.0 Å². The van der Waals surface area contributed by atoms with Gasteiger partial charge >= 0.3 is 6.09 Å². The molecule has 0 bridgehead atoms. The van der Waals surface area contributed by atoms with E-state index in [2.05, 4.69) is 15.2 Å². The number of hydrogen-bond donors (Lipinski definition) is 3. The summed E-state index contributed by atoms with van der Waals surface area (Å²) in [7, 11) is 1.85. The molecule has 1 aliphatic heterocycles. The minimum Gasteiger partial charge on any atom is -0.446 e. The largest absolute Gasteiger partial charge is 0.446 e. The molecule has 42 heavy (non-hydrogen) atoms. The van der Waals surface area contributed by atoms with E-state index in [1.807, 2.05) is 73.8 Å². The third kappa shape index (κ3) is 8.01. The molecule has 224 valence electrons. The number of rotatable bonds is 10. The monoisotopic (exact) mass is 572 g/mol. The first-order chi connectivity index (χ1) is 20.5. The Morgan fingerprint density at radius 2 is 1.62 bits per heavy atom. The van der Waals surface area contributed by atoms with Gasteiger partial charge in [-0.25, -0.2) is 4.79 Å². The molecule has 3 aromatic rings. The average molecular weight is 573 g/mol. The van der Waals surface area contributed by atoms with Gasteiger partial charge in [0.25, 0.3) is 5.91 Å². The maximum atomic E-state index is 13.0. The number of aliphatic hydroxyl groups is 1. The summed E-state index contributed by atoms with van der Waals surface area (Å²) in [5.74, 6) is 1.09. The number of H-pyrrole nitrogens is 1. The number of nitrogens with one attached hydrogen (secondary N) is 2. The van der Waals surface area contributed by atoms with E-state index in [0.29, 0.717) is 30.7 Å². The van der Waals surface area contributed by atoms with E-state index in [1.54, 1.807) is 4.90 Å². The summed E-state index contributed by atoms with van der Waals surface area (Å²) in [5, 5.41) is 12.3. The van der Waals surface area contributed by atoms with Crippen molar-refractivity contribution in [3.8, 4) is 11.1 Å². The van der Waals surface area contributed by atoms with Crippen LogP contribution in [0.4, 0.5) is 10.5 Å². The zero-order valence-electron chi connectivity index (χ0n) is 24.6. The second-order valence-electron chi connectivity index (χ2n) is 11.9. The number of carbonyl (C=O) groups excluding carboxylic acids is 2. The molecule has 1 aliphatic carbocycles. The number of amides is 2. The van der Waals surface area contributed by atoms with Crippen molar-refractivity contribution in [2.75, 3.05) is 45.2 Å². The highest BCUT2D eigenvalue weighted by molar-refractivity contribution is 5.92. The molecule has 0 unspecified atom stereocenters. The number of likely N-dealkylation sites (N-methyl/N-ethyl adjacent to an activating group) is 1. The molecule has 1 aromatic heterocycles. The molecule has 0 atom stereocenters. The summed E-state index contributed by atoms with van der Waals surface area (Å²) < 4.78 is 5.77. The van der Waals surface area contributed by atoms with E-state index < -0.39 is 6.09 Å². The molecule has 3 N–H and O–H groups in total. The van der Waals surface area contributed by atoms with Crippen molar-refractivity contribution in [3.05, 3.63) is 78.1 Å². The number of piperidine rings is 1. The van der Waals surface area contributed by atoms with E-state index in [9.17, 15) is 14.7 Å². The topological polar surface area (TPSA) is 97.9 Å². The Balaban J connectivity index is 1.02. The molecule has 2 fully saturated rings. The van der Waals surface area contributed by atoms with Crippen LogP contribution in [0.3, 0.4) is 0 Å². The van der Waals surface area contributed by atoms with Gasteiger partial charge in [0.1, 0.15) is 11.8 Å². The number of para-hydroxylation sites is 1. The summed E-state index contributed by atoms with van der Waals surface area (Å²) in [6, 6.07) is 21.7. The third-order valence-corrected chi connectivity index (χ3v) is 8.87. The van der Waals surface area contributed by atoms with Gasteiger partial charge in [-0.2, -0.15) is 0 Å². The molecule has 1 saturated carbocycles. The van der Waals surface area contributed by atoms with Crippen molar-refractivity contribution in [2.24, 2.45) is 11.8 Å². The van der Waals surface area contributed by atoms with Gasteiger partial charge in [0.15, 0.2) is 0 Å². The van der Waals surface area contributed by atoms with E-state index in [4.69, 9.17) is 4.74 Å². The Morgan fingerprint density at radius 3 is 2.36 bits per heavy atom. The van der Waals surface area contributed by atoms with Crippen LogP contribution in [0, 0.1) is 11.8 Å². The number of aliphatic hydroxyl groups excluding tert-OH is 1. The van der Waals surface area contributed by atoms with E-state index in [0.717, 1.165) is 87.1 Å². The zero-order valence-corrected chi connectivity index (χ0v) is 24.6. The first-order valence-electron chi connectivity index (χ1n) is 15.4. The van der Waals surface area contributed by atoms with Gasteiger partial charge in [0.2, 0.25) is 0 Å². The molecule has 0 radical (unpaired) electrons. The van der Waals surface area contributed by atoms with Crippen LogP contribution >= 0.6 is 0 Å². The molecule has 2 aromatic carbocycles. The molecular weight excluding hydrogens is 528 g/mol. The smallest absolute Gasteiger partial charge is 0.411 e. The van der Waals surface area contributed by atoms with Gasteiger partial charge in [-0.05, 0) is 80.5 Å². The first-order valence-corrected chi connectivity index (χ1v) is 15.4. The molecule has 2 aliphatic rings. The van der Waals surface area contributed by atoms with Gasteiger partial charge in [-0.1, -0.05) is 48.5 Å². The fraction of sp³-hybridized carbons (Fsp3) is 0.471. The standard InChI is InChI=1S/C34H44N4O4/c1-37(33(40)32-16-15-28(35-32)23-25-11-13-26(24-39)14-12-25)21-22-38-19-17-29(18-20-38)42-34(41)36-31-10-6-5-9-30(31)27-7-3-2-4-8-27/h2-10,15-16,25-26,29,35,39H,11-14,17-24H2,1H3,(H,36,41). The van der Waals surface area contributed by atoms with Gasteiger partial charge in [0, 0.05) is 51.1 Å². The lowest BCUT2D eigenvalue weighted by Crippen LogP contribution is -2.42. The number of hydrogen-bond acceptors (Lipinski definition) is 5. The number of benzene rings is 2. The lowest BCUT2D eigenvalue weighted by molar-refractivity contribution is 0.0539. The normalized spacial score (nSPS) is 19.8. The lowest BCUT2D eigenvalue weighted by atomic mass is 9.80. The SMILES string of the molecule is CN(CCN1CCC(OC(=O)Nc2ccccc2-c2ccccc2)CC1)C(=O)c1ccc(CC2CCC(CO)CC2)[nH]1. The van der Waals surface area contributed by atoms with Crippen molar-refractivity contribution >= 4 is 17.7 Å². The fourth-order valence-corrected chi connectivity index (χ4v) is 6.21. The molecule has 8 nitrogen and oxygen atoms in total. The molecule has 5 rings (SSSR count). The Hall–Kier alpha value is -3.62. The number of aromatic nitrogens is 1. The highest BCUT2D eigenvalue weighted by atomic mass is 16.6. The number of carbonyl (C=O) groups is 2.